The van der Waals surface area contributed by atoms with E-state index in [2.05, 4.69) is 10.3 Å². The van der Waals surface area contributed by atoms with Gasteiger partial charge in [0.25, 0.3) is 10.0 Å². The Kier molecular flexibility index (Phi) is 6.21. The molecule has 2 aromatic rings. The van der Waals surface area contributed by atoms with Gasteiger partial charge in [0.05, 0.1) is 6.04 Å². The first-order chi connectivity index (χ1) is 11.4. The third kappa shape index (κ3) is 3.87. The van der Waals surface area contributed by atoms with Crippen molar-refractivity contribution < 1.29 is 12.8 Å². The summed E-state index contributed by atoms with van der Waals surface area (Å²) in [6, 6.07) is 5.63. The van der Waals surface area contributed by atoms with Gasteiger partial charge >= 0.3 is 0 Å². The van der Waals surface area contributed by atoms with Gasteiger partial charge in [0.2, 0.25) is 0 Å². The number of aromatic nitrogens is 2. The fourth-order valence-electron chi connectivity index (χ4n) is 3.02. The molecule has 1 saturated heterocycles. The number of nitrogens with one attached hydrogen (secondary N) is 1. The summed E-state index contributed by atoms with van der Waals surface area (Å²) in [7, 11) is -3.75. The molecule has 1 atom stereocenters. The lowest BCUT2D eigenvalue weighted by Gasteiger charge is -2.34. The smallest absolute Gasteiger partial charge is 0.262 e. The molecule has 1 aliphatic heterocycles. The van der Waals surface area contributed by atoms with E-state index >= 15 is 0 Å². The van der Waals surface area contributed by atoms with Gasteiger partial charge in [-0.25, -0.2) is 17.8 Å². The SMILES string of the molecule is CCn1cc(S(=O)(=O)N2CCNCC2c2cccc(F)c2)nc1C.Cl. The normalized spacial score (nSPS) is 18.8. The number of benzene rings is 1. The van der Waals surface area contributed by atoms with Crippen molar-refractivity contribution in [3.05, 3.63) is 47.7 Å². The Morgan fingerprint density at radius 2 is 2.16 bits per heavy atom. The van der Waals surface area contributed by atoms with Crippen LogP contribution in [0.25, 0.3) is 0 Å². The maximum absolute atomic E-state index is 13.6. The average molecular weight is 389 g/mol. The molecule has 0 bridgehead atoms. The minimum absolute atomic E-state index is 0. The van der Waals surface area contributed by atoms with E-state index in [9.17, 15) is 12.8 Å². The van der Waals surface area contributed by atoms with Gasteiger partial charge in [-0.15, -0.1) is 12.4 Å². The zero-order valence-electron chi connectivity index (χ0n) is 14.1. The monoisotopic (exact) mass is 388 g/mol. The van der Waals surface area contributed by atoms with Crippen molar-refractivity contribution in [3.63, 3.8) is 0 Å². The molecule has 1 N–H and O–H groups in total. The number of halogens is 2. The van der Waals surface area contributed by atoms with Gasteiger partial charge in [-0.2, -0.15) is 4.31 Å². The van der Waals surface area contributed by atoms with Gasteiger partial charge < -0.3 is 9.88 Å². The largest absolute Gasteiger partial charge is 0.334 e. The summed E-state index contributed by atoms with van der Waals surface area (Å²) in [5.74, 6) is 0.287. The van der Waals surface area contributed by atoms with Crippen molar-refractivity contribution in [2.45, 2.75) is 31.5 Å². The van der Waals surface area contributed by atoms with Gasteiger partial charge in [-0.1, -0.05) is 12.1 Å². The standard InChI is InChI=1S/C16H21FN4O2S.ClH/c1-3-20-11-16(19-12(20)2)24(22,23)21-8-7-18-10-15(21)13-5-4-6-14(17)9-13;/h4-6,9,11,15,18H,3,7-8,10H2,1-2H3;1H. The predicted molar refractivity (Wildman–Crippen MR) is 95.8 cm³/mol. The van der Waals surface area contributed by atoms with E-state index in [0.717, 1.165) is 0 Å². The third-order valence-corrected chi connectivity index (χ3v) is 6.08. The van der Waals surface area contributed by atoms with Crippen LogP contribution in [0.5, 0.6) is 0 Å². The van der Waals surface area contributed by atoms with E-state index in [1.165, 1.54) is 16.4 Å². The second-order valence-electron chi connectivity index (χ2n) is 5.80. The number of hydrogen-bond acceptors (Lipinski definition) is 4. The first kappa shape index (κ1) is 19.8. The number of hydrogen-bond donors (Lipinski definition) is 1. The first-order valence-electron chi connectivity index (χ1n) is 7.95. The molecule has 1 aromatic heterocycles. The van der Waals surface area contributed by atoms with Crippen molar-refractivity contribution in [1.82, 2.24) is 19.2 Å². The lowest BCUT2D eigenvalue weighted by atomic mass is 10.1. The Morgan fingerprint density at radius 1 is 1.40 bits per heavy atom. The van der Waals surface area contributed by atoms with Crippen LogP contribution in [0, 0.1) is 12.7 Å². The summed E-state index contributed by atoms with van der Waals surface area (Å²) in [4.78, 5) is 4.21. The predicted octanol–water partition coefficient (Wildman–Crippen LogP) is 2.11. The molecule has 1 fully saturated rings. The van der Waals surface area contributed by atoms with Crippen LogP contribution >= 0.6 is 12.4 Å². The molecule has 1 aliphatic rings. The maximum Gasteiger partial charge on any atom is 0.262 e. The van der Waals surface area contributed by atoms with Gasteiger partial charge in [0, 0.05) is 32.4 Å². The van der Waals surface area contributed by atoms with Crippen molar-refractivity contribution in [2.75, 3.05) is 19.6 Å². The second-order valence-corrected chi connectivity index (χ2v) is 7.64. The Labute approximate surface area is 153 Å². The molecular weight excluding hydrogens is 367 g/mol. The molecule has 1 aromatic carbocycles. The van der Waals surface area contributed by atoms with E-state index in [4.69, 9.17) is 0 Å². The highest BCUT2D eigenvalue weighted by atomic mass is 35.5. The molecule has 6 nitrogen and oxygen atoms in total. The molecule has 0 spiro atoms. The van der Waals surface area contributed by atoms with Crippen molar-refractivity contribution in [3.8, 4) is 0 Å². The Balaban J connectivity index is 0.00000225. The van der Waals surface area contributed by atoms with Crippen LogP contribution in [0.3, 0.4) is 0 Å². The van der Waals surface area contributed by atoms with E-state index in [1.807, 2.05) is 6.92 Å². The number of nitrogens with zero attached hydrogens (tertiary/aromatic N) is 3. The molecule has 9 heteroatoms. The summed E-state index contributed by atoms with van der Waals surface area (Å²) >= 11 is 0. The number of piperazine rings is 1. The van der Waals surface area contributed by atoms with Crippen LogP contribution in [0.2, 0.25) is 0 Å². The molecule has 0 saturated carbocycles. The molecular formula is C16H22ClFN4O2S. The molecule has 2 heterocycles. The minimum Gasteiger partial charge on any atom is -0.334 e. The number of aryl methyl sites for hydroxylation is 2. The zero-order chi connectivity index (χ0) is 17.3. The van der Waals surface area contributed by atoms with Gasteiger partial charge in [0.15, 0.2) is 5.03 Å². The molecule has 0 aliphatic carbocycles. The van der Waals surface area contributed by atoms with Crippen LogP contribution in [0.4, 0.5) is 4.39 Å². The zero-order valence-corrected chi connectivity index (χ0v) is 15.8. The highest BCUT2D eigenvalue weighted by Crippen LogP contribution is 2.29. The summed E-state index contributed by atoms with van der Waals surface area (Å²) in [6.07, 6.45) is 1.56. The maximum atomic E-state index is 13.6. The van der Waals surface area contributed by atoms with Crippen molar-refractivity contribution in [1.29, 1.82) is 0 Å². The van der Waals surface area contributed by atoms with Crippen LogP contribution in [0.15, 0.2) is 35.5 Å². The summed E-state index contributed by atoms with van der Waals surface area (Å²) < 4.78 is 42.9. The topological polar surface area (TPSA) is 67.2 Å². The molecule has 25 heavy (non-hydrogen) atoms. The minimum atomic E-state index is -3.75. The lowest BCUT2D eigenvalue weighted by Crippen LogP contribution is -2.48. The quantitative estimate of drug-likeness (QED) is 0.871. The van der Waals surface area contributed by atoms with Crippen LogP contribution < -0.4 is 5.32 Å². The number of rotatable bonds is 4. The van der Waals surface area contributed by atoms with Crippen molar-refractivity contribution >= 4 is 22.4 Å². The number of sulfonamides is 1. The third-order valence-electron chi connectivity index (χ3n) is 4.30. The van der Waals surface area contributed by atoms with Crippen molar-refractivity contribution in [2.24, 2.45) is 0 Å². The van der Waals surface area contributed by atoms with Crippen LogP contribution in [0.1, 0.15) is 24.4 Å². The highest BCUT2D eigenvalue weighted by molar-refractivity contribution is 7.89. The Morgan fingerprint density at radius 3 is 2.80 bits per heavy atom. The summed E-state index contributed by atoms with van der Waals surface area (Å²) in [5, 5.41) is 3.23. The summed E-state index contributed by atoms with van der Waals surface area (Å²) in [6.45, 7) is 5.69. The van der Waals surface area contributed by atoms with Gasteiger partial charge in [-0.3, -0.25) is 0 Å². The highest BCUT2D eigenvalue weighted by Gasteiger charge is 2.36. The molecule has 0 amide bonds. The Hall–Kier alpha value is -1.48. The van der Waals surface area contributed by atoms with Gasteiger partial charge in [-0.05, 0) is 31.5 Å². The molecule has 1 unspecified atom stereocenters. The summed E-state index contributed by atoms with van der Waals surface area (Å²) in [5.41, 5.74) is 0.637. The molecule has 0 radical (unpaired) electrons. The number of imidazole rings is 1. The van der Waals surface area contributed by atoms with E-state index < -0.39 is 16.1 Å². The average Bonchev–Trinajstić information content (AvgIpc) is 2.96. The fraction of sp³-hybridized carbons (Fsp3) is 0.438. The Bertz CT molecular complexity index is 840. The second kappa shape index (κ2) is 7.82. The molecule has 3 rings (SSSR count). The van der Waals surface area contributed by atoms with Crippen LogP contribution in [-0.4, -0.2) is 41.9 Å². The molecule has 138 valence electrons. The lowest BCUT2D eigenvalue weighted by molar-refractivity contribution is 0.270. The van der Waals surface area contributed by atoms with E-state index in [0.29, 0.717) is 37.6 Å². The van der Waals surface area contributed by atoms with Gasteiger partial charge in [0.1, 0.15) is 11.6 Å². The van der Waals surface area contributed by atoms with E-state index in [-0.39, 0.29) is 23.3 Å². The van der Waals surface area contributed by atoms with Crippen LogP contribution in [-0.2, 0) is 16.6 Å². The fourth-order valence-corrected chi connectivity index (χ4v) is 4.63. The first-order valence-corrected chi connectivity index (χ1v) is 9.39. The van der Waals surface area contributed by atoms with E-state index in [1.54, 1.807) is 29.8 Å².